The maximum Gasteiger partial charge on any atom is 0.306 e. The van der Waals surface area contributed by atoms with E-state index < -0.39 is 5.97 Å². The predicted molar refractivity (Wildman–Crippen MR) is 71.0 cm³/mol. The molecule has 1 aromatic rings. The number of carbonyl (C=O) groups is 1. The lowest BCUT2D eigenvalue weighted by molar-refractivity contribution is -0.173. The molecule has 0 aromatic heterocycles. The number of carboxylic acids is 1. The van der Waals surface area contributed by atoms with Crippen molar-refractivity contribution in [2.75, 3.05) is 13.2 Å². The lowest BCUT2D eigenvalue weighted by Gasteiger charge is -2.53. The molecule has 3 unspecified atom stereocenters. The normalized spacial score (nSPS) is 33.9. The summed E-state index contributed by atoms with van der Waals surface area (Å²) in [6.45, 7) is 1.40. The fourth-order valence-corrected chi connectivity index (χ4v) is 3.16. The molecule has 0 saturated carbocycles. The van der Waals surface area contributed by atoms with Gasteiger partial charge in [-0.25, -0.2) is 0 Å². The summed E-state index contributed by atoms with van der Waals surface area (Å²) < 4.78 is 5.70. The van der Waals surface area contributed by atoms with E-state index in [1.54, 1.807) is 0 Å². The Kier molecular flexibility index (Phi) is 3.29. The van der Waals surface area contributed by atoms with E-state index in [-0.39, 0.29) is 17.6 Å². The number of aliphatic carboxylic acids is 1. The second kappa shape index (κ2) is 4.94. The summed E-state index contributed by atoms with van der Waals surface area (Å²) in [5, 5.41) is 12.7. The molecule has 1 spiro atoms. The van der Waals surface area contributed by atoms with Gasteiger partial charge in [0, 0.05) is 6.42 Å². The number of benzene rings is 1. The summed E-state index contributed by atoms with van der Waals surface area (Å²) in [5.41, 5.74) is 1.11. The van der Waals surface area contributed by atoms with E-state index in [0.29, 0.717) is 13.0 Å². The second-order valence-electron chi connectivity index (χ2n) is 5.60. The third-order valence-electron chi connectivity index (χ3n) is 4.35. The largest absolute Gasteiger partial charge is 0.481 e. The Morgan fingerprint density at radius 3 is 2.84 bits per heavy atom. The second-order valence-corrected chi connectivity index (χ2v) is 5.60. The van der Waals surface area contributed by atoms with Crippen LogP contribution in [0.1, 0.15) is 18.4 Å². The summed E-state index contributed by atoms with van der Waals surface area (Å²) in [6, 6.07) is 10.2. The SMILES string of the molecule is O=C(O)C1CCNC2(COC2Cc2ccccc2)C1. The molecule has 4 heteroatoms. The van der Waals surface area contributed by atoms with E-state index in [1.165, 1.54) is 5.56 Å². The molecule has 0 aliphatic carbocycles. The number of hydrogen-bond acceptors (Lipinski definition) is 3. The summed E-state index contributed by atoms with van der Waals surface area (Å²) >= 11 is 0. The standard InChI is InChI=1S/C15H19NO3/c17-14(18)12-6-7-16-15(9-12)10-19-13(15)8-11-4-2-1-3-5-11/h1-5,12-13,16H,6-10H2,(H,17,18). The molecule has 2 aliphatic heterocycles. The van der Waals surface area contributed by atoms with E-state index in [0.717, 1.165) is 19.4 Å². The lowest BCUT2D eigenvalue weighted by Crippen LogP contribution is -2.70. The van der Waals surface area contributed by atoms with Crippen molar-refractivity contribution in [1.82, 2.24) is 5.32 Å². The zero-order chi connectivity index (χ0) is 13.3. The molecule has 2 aliphatic rings. The van der Waals surface area contributed by atoms with Crippen LogP contribution in [0, 0.1) is 5.92 Å². The van der Waals surface area contributed by atoms with Gasteiger partial charge in [-0.1, -0.05) is 30.3 Å². The highest BCUT2D eigenvalue weighted by Crippen LogP contribution is 2.37. The third-order valence-corrected chi connectivity index (χ3v) is 4.35. The smallest absolute Gasteiger partial charge is 0.306 e. The van der Waals surface area contributed by atoms with Crippen LogP contribution < -0.4 is 5.32 Å². The van der Waals surface area contributed by atoms with Crippen LogP contribution in [-0.4, -0.2) is 35.9 Å². The van der Waals surface area contributed by atoms with Crippen LogP contribution in [0.3, 0.4) is 0 Å². The van der Waals surface area contributed by atoms with E-state index in [4.69, 9.17) is 4.74 Å². The van der Waals surface area contributed by atoms with Crippen LogP contribution in [0.2, 0.25) is 0 Å². The van der Waals surface area contributed by atoms with Crippen molar-refractivity contribution in [3.05, 3.63) is 35.9 Å². The highest BCUT2D eigenvalue weighted by molar-refractivity contribution is 5.70. The molecule has 2 saturated heterocycles. The molecule has 1 aromatic carbocycles. The van der Waals surface area contributed by atoms with Crippen molar-refractivity contribution in [1.29, 1.82) is 0 Å². The van der Waals surface area contributed by atoms with E-state index in [1.807, 2.05) is 18.2 Å². The van der Waals surface area contributed by atoms with Crippen molar-refractivity contribution < 1.29 is 14.6 Å². The van der Waals surface area contributed by atoms with Crippen LogP contribution in [0.15, 0.2) is 30.3 Å². The van der Waals surface area contributed by atoms with Gasteiger partial charge in [0.15, 0.2) is 0 Å². The average Bonchev–Trinajstić information content (AvgIpc) is 2.45. The minimum atomic E-state index is -0.675. The first-order valence-electron chi connectivity index (χ1n) is 6.83. The molecule has 2 fully saturated rings. The Hall–Kier alpha value is -1.39. The summed E-state index contributed by atoms with van der Waals surface area (Å²) in [6.07, 6.45) is 2.34. The maximum atomic E-state index is 11.2. The molecule has 4 nitrogen and oxygen atoms in total. The third kappa shape index (κ3) is 2.38. The van der Waals surface area contributed by atoms with Gasteiger partial charge in [-0.05, 0) is 24.9 Å². The van der Waals surface area contributed by atoms with Gasteiger partial charge < -0.3 is 15.2 Å². The maximum absolute atomic E-state index is 11.2. The molecule has 19 heavy (non-hydrogen) atoms. The molecule has 2 heterocycles. The van der Waals surface area contributed by atoms with Crippen LogP contribution in [0.25, 0.3) is 0 Å². The number of nitrogens with one attached hydrogen (secondary N) is 1. The molecule has 3 rings (SSSR count). The van der Waals surface area contributed by atoms with Gasteiger partial charge in [0.2, 0.25) is 0 Å². The minimum absolute atomic E-state index is 0.0945. The molecule has 0 amide bonds. The van der Waals surface area contributed by atoms with Gasteiger partial charge >= 0.3 is 5.97 Å². The summed E-state index contributed by atoms with van der Waals surface area (Å²) in [7, 11) is 0. The van der Waals surface area contributed by atoms with Crippen LogP contribution in [0.4, 0.5) is 0 Å². The topological polar surface area (TPSA) is 58.6 Å². The van der Waals surface area contributed by atoms with E-state index >= 15 is 0 Å². The van der Waals surface area contributed by atoms with Crippen molar-refractivity contribution in [2.45, 2.75) is 30.9 Å². The number of hydrogen-bond donors (Lipinski definition) is 2. The van der Waals surface area contributed by atoms with Gasteiger partial charge in [-0.2, -0.15) is 0 Å². The zero-order valence-electron chi connectivity index (χ0n) is 10.8. The van der Waals surface area contributed by atoms with Crippen LogP contribution >= 0.6 is 0 Å². The Bertz CT molecular complexity index is 462. The number of carboxylic acid groups (broad SMARTS) is 1. The number of ether oxygens (including phenoxy) is 1. The van der Waals surface area contributed by atoms with Crippen molar-refractivity contribution >= 4 is 5.97 Å². The molecular formula is C15H19NO3. The first kappa shape index (κ1) is 12.6. The molecule has 3 atom stereocenters. The highest BCUT2D eigenvalue weighted by Gasteiger charge is 2.51. The van der Waals surface area contributed by atoms with Gasteiger partial charge in [-0.3, -0.25) is 4.79 Å². The van der Waals surface area contributed by atoms with Crippen LogP contribution in [0.5, 0.6) is 0 Å². The van der Waals surface area contributed by atoms with Crippen molar-refractivity contribution in [3.8, 4) is 0 Å². The Morgan fingerprint density at radius 1 is 1.42 bits per heavy atom. The van der Waals surface area contributed by atoms with E-state index in [9.17, 15) is 9.90 Å². The van der Waals surface area contributed by atoms with Crippen LogP contribution in [-0.2, 0) is 16.0 Å². The quantitative estimate of drug-likeness (QED) is 0.864. The molecule has 0 radical (unpaired) electrons. The zero-order valence-corrected chi connectivity index (χ0v) is 10.8. The first-order valence-corrected chi connectivity index (χ1v) is 6.83. The number of piperidine rings is 1. The lowest BCUT2D eigenvalue weighted by atomic mass is 9.74. The van der Waals surface area contributed by atoms with Gasteiger partial charge in [0.05, 0.1) is 24.2 Å². The van der Waals surface area contributed by atoms with Gasteiger partial charge in [0.1, 0.15) is 0 Å². The highest BCUT2D eigenvalue weighted by atomic mass is 16.5. The molecule has 2 N–H and O–H groups in total. The number of rotatable bonds is 3. The minimum Gasteiger partial charge on any atom is -0.481 e. The predicted octanol–water partition coefficient (Wildman–Crippen LogP) is 1.45. The Morgan fingerprint density at radius 2 is 2.21 bits per heavy atom. The Labute approximate surface area is 112 Å². The molecule has 102 valence electrons. The first-order chi connectivity index (χ1) is 9.20. The van der Waals surface area contributed by atoms with Gasteiger partial charge in [-0.15, -0.1) is 0 Å². The average molecular weight is 261 g/mol. The fraction of sp³-hybridized carbons (Fsp3) is 0.533. The van der Waals surface area contributed by atoms with E-state index in [2.05, 4.69) is 17.4 Å². The Balaban J connectivity index is 1.69. The summed E-state index contributed by atoms with van der Waals surface area (Å²) in [4.78, 5) is 11.2. The summed E-state index contributed by atoms with van der Waals surface area (Å²) in [5.74, 6) is -0.908. The van der Waals surface area contributed by atoms with Crippen molar-refractivity contribution in [2.24, 2.45) is 5.92 Å². The molecule has 0 bridgehead atoms. The fourth-order valence-electron chi connectivity index (χ4n) is 3.16. The monoisotopic (exact) mass is 261 g/mol. The van der Waals surface area contributed by atoms with Gasteiger partial charge in [0.25, 0.3) is 0 Å². The molecular weight excluding hydrogens is 242 g/mol. The van der Waals surface area contributed by atoms with Crippen molar-refractivity contribution in [3.63, 3.8) is 0 Å².